The Morgan fingerprint density at radius 2 is 1.64 bits per heavy atom. The van der Waals surface area contributed by atoms with Crippen molar-refractivity contribution >= 4 is 21.6 Å². The highest BCUT2D eigenvalue weighted by Crippen LogP contribution is 2.28. The van der Waals surface area contributed by atoms with Gasteiger partial charge in [0.15, 0.2) is 0 Å². The van der Waals surface area contributed by atoms with E-state index in [1.54, 1.807) is 12.1 Å². The fourth-order valence-electron chi connectivity index (χ4n) is 3.39. The zero-order valence-electron chi connectivity index (χ0n) is 17.3. The van der Waals surface area contributed by atoms with E-state index in [1.807, 2.05) is 44.2 Å². The summed E-state index contributed by atoms with van der Waals surface area (Å²) in [7, 11) is -3.57. The third kappa shape index (κ3) is 6.09. The van der Waals surface area contributed by atoms with Crippen LogP contribution in [0.3, 0.4) is 0 Å². The van der Waals surface area contributed by atoms with Crippen molar-refractivity contribution in [2.75, 3.05) is 17.1 Å². The van der Waals surface area contributed by atoms with Crippen LogP contribution in [-0.4, -0.2) is 33.2 Å². The molecule has 0 saturated heterocycles. The second kappa shape index (κ2) is 8.78. The first-order valence-corrected chi connectivity index (χ1v) is 11.2. The highest BCUT2D eigenvalue weighted by Gasteiger charge is 2.26. The summed E-state index contributed by atoms with van der Waals surface area (Å²) in [6, 6.07) is 17.1. The van der Waals surface area contributed by atoms with Crippen LogP contribution in [0.4, 0.5) is 5.69 Å². The minimum atomic E-state index is -3.57. The SMILES string of the molecule is Cc1ccc(N(CC(=O)NC(C)CC(C)(C)c2ccccc2)S(C)(=O)=O)cc1. The monoisotopic (exact) mass is 402 g/mol. The number of amides is 1. The van der Waals surface area contributed by atoms with Crippen LogP contribution in [0.15, 0.2) is 54.6 Å². The van der Waals surface area contributed by atoms with Gasteiger partial charge in [-0.25, -0.2) is 8.42 Å². The normalized spacial score (nSPS) is 13.0. The lowest BCUT2D eigenvalue weighted by molar-refractivity contribution is -0.120. The lowest BCUT2D eigenvalue weighted by atomic mass is 9.79. The average molecular weight is 403 g/mol. The van der Waals surface area contributed by atoms with E-state index >= 15 is 0 Å². The quantitative estimate of drug-likeness (QED) is 0.733. The van der Waals surface area contributed by atoms with Crippen molar-refractivity contribution in [3.05, 3.63) is 65.7 Å². The number of anilines is 1. The van der Waals surface area contributed by atoms with E-state index in [2.05, 4.69) is 31.3 Å². The zero-order valence-corrected chi connectivity index (χ0v) is 18.1. The Hall–Kier alpha value is -2.34. The number of aryl methyl sites for hydroxylation is 1. The molecule has 0 bridgehead atoms. The van der Waals surface area contributed by atoms with Gasteiger partial charge in [0.2, 0.25) is 15.9 Å². The van der Waals surface area contributed by atoms with E-state index in [0.29, 0.717) is 5.69 Å². The Balaban J connectivity index is 2.05. The summed E-state index contributed by atoms with van der Waals surface area (Å²) in [5.41, 5.74) is 2.61. The van der Waals surface area contributed by atoms with Crippen LogP contribution in [0.2, 0.25) is 0 Å². The second-order valence-electron chi connectivity index (χ2n) is 8.03. The molecule has 152 valence electrons. The van der Waals surface area contributed by atoms with Crippen LogP contribution in [0.1, 0.15) is 38.3 Å². The fourth-order valence-corrected chi connectivity index (χ4v) is 4.24. The summed E-state index contributed by atoms with van der Waals surface area (Å²) in [6.45, 7) is 7.91. The molecular weight excluding hydrogens is 372 g/mol. The molecule has 1 unspecified atom stereocenters. The predicted molar refractivity (Wildman–Crippen MR) is 115 cm³/mol. The molecule has 0 radical (unpaired) electrons. The molecule has 6 heteroatoms. The average Bonchev–Trinajstić information content (AvgIpc) is 2.60. The van der Waals surface area contributed by atoms with Crippen molar-refractivity contribution in [2.24, 2.45) is 0 Å². The number of benzene rings is 2. The molecule has 0 aromatic heterocycles. The van der Waals surface area contributed by atoms with Gasteiger partial charge in [0.25, 0.3) is 0 Å². The molecule has 28 heavy (non-hydrogen) atoms. The van der Waals surface area contributed by atoms with Crippen LogP contribution in [0.5, 0.6) is 0 Å². The first kappa shape index (κ1) is 22.0. The first-order valence-electron chi connectivity index (χ1n) is 9.38. The van der Waals surface area contributed by atoms with E-state index in [9.17, 15) is 13.2 Å². The predicted octanol–water partition coefficient (Wildman–Crippen LogP) is 3.63. The Bertz CT molecular complexity index is 891. The molecule has 0 spiro atoms. The van der Waals surface area contributed by atoms with Gasteiger partial charge < -0.3 is 5.32 Å². The van der Waals surface area contributed by atoms with E-state index in [1.165, 1.54) is 5.56 Å². The number of nitrogens with zero attached hydrogens (tertiary/aromatic N) is 1. The highest BCUT2D eigenvalue weighted by atomic mass is 32.2. The molecule has 2 rings (SSSR count). The Morgan fingerprint density at radius 3 is 2.18 bits per heavy atom. The van der Waals surface area contributed by atoms with Crippen molar-refractivity contribution in [3.8, 4) is 0 Å². The maximum Gasteiger partial charge on any atom is 0.240 e. The molecular formula is C22H30N2O3S. The summed E-state index contributed by atoms with van der Waals surface area (Å²) >= 11 is 0. The molecule has 2 aromatic carbocycles. The van der Waals surface area contributed by atoms with E-state index in [-0.39, 0.29) is 23.9 Å². The van der Waals surface area contributed by atoms with Crippen LogP contribution in [-0.2, 0) is 20.2 Å². The molecule has 2 aromatic rings. The Kier molecular flexibility index (Phi) is 6.88. The van der Waals surface area contributed by atoms with Gasteiger partial charge in [-0.1, -0.05) is 61.9 Å². The van der Waals surface area contributed by atoms with Crippen molar-refractivity contribution < 1.29 is 13.2 Å². The summed E-state index contributed by atoms with van der Waals surface area (Å²) < 4.78 is 25.5. The van der Waals surface area contributed by atoms with Crippen molar-refractivity contribution in [1.82, 2.24) is 5.32 Å². The smallest absolute Gasteiger partial charge is 0.240 e. The van der Waals surface area contributed by atoms with Gasteiger partial charge in [-0.05, 0) is 43.4 Å². The standard InChI is InChI=1S/C22H30N2O3S/c1-17-11-13-20(14-12-17)24(28(5,26)27)16-21(25)23-18(2)15-22(3,4)19-9-7-6-8-10-19/h6-14,18H,15-16H2,1-5H3,(H,23,25). The lowest BCUT2D eigenvalue weighted by Crippen LogP contribution is -2.44. The van der Waals surface area contributed by atoms with Gasteiger partial charge >= 0.3 is 0 Å². The number of carbonyl (C=O) groups is 1. The number of nitrogens with one attached hydrogen (secondary N) is 1. The highest BCUT2D eigenvalue weighted by molar-refractivity contribution is 7.92. The summed E-state index contributed by atoms with van der Waals surface area (Å²) in [6.07, 6.45) is 1.86. The lowest BCUT2D eigenvalue weighted by Gasteiger charge is -2.30. The number of rotatable bonds is 8. The molecule has 0 fully saturated rings. The third-order valence-electron chi connectivity index (χ3n) is 4.79. The van der Waals surface area contributed by atoms with Gasteiger partial charge in [0.1, 0.15) is 6.54 Å². The zero-order chi connectivity index (χ0) is 20.9. The topological polar surface area (TPSA) is 66.5 Å². The van der Waals surface area contributed by atoms with Crippen LogP contribution < -0.4 is 9.62 Å². The first-order chi connectivity index (χ1) is 13.0. The Morgan fingerprint density at radius 1 is 1.07 bits per heavy atom. The largest absolute Gasteiger partial charge is 0.352 e. The molecule has 1 N–H and O–H groups in total. The van der Waals surface area contributed by atoms with Gasteiger partial charge in [-0.2, -0.15) is 0 Å². The summed E-state index contributed by atoms with van der Waals surface area (Å²) in [5, 5.41) is 2.94. The molecule has 0 aliphatic rings. The molecule has 0 heterocycles. The van der Waals surface area contributed by atoms with Gasteiger partial charge in [-0.3, -0.25) is 9.10 Å². The van der Waals surface area contributed by atoms with Crippen LogP contribution >= 0.6 is 0 Å². The van der Waals surface area contributed by atoms with E-state index < -0.39 is 10.0 Å². The molecule has 0 aliphatic carbocycles. The fraction of sp³-hybridized carbons (Fsp3) is 0.409. The summed E-state index contributed by atoms with van der Waals surface area (Å²) in [4.78, 5) is 12.6. The van der Waals surface area contributed by atoms with Gasteiger partial charge in [0.05, 0.1) is 11.9 Å². The number of hydrogen-bond acceptors (Lipinski definition) is 3. The van der Waals surface area contributed by atoms with Crippen LogP contribution in [0.25, 0.3) is 0 Å². The number of hydrogen-bond donors (Lipinski definition) is 1. The molecule has 5 nitrogen and oxygen atoms in total. The third-order valence-corrected chi connectivity index (χ3v) is 5.93. The molecule has 0 aliphatic heterocycles. The second-order valence-corrected chi connectivity index (χ2v) is 9.93. The Labute approximate surface area is 168 Å². The van der Waals surface area contributed by atoms with Gasteiger partial charge in [0, 0.05) is 6.04 Å². The van der Waals surface area contributed by atoms with E-state index in [4.69, 9.17) is 0 Å². The van der Waals surface area contributed by atoms with Gasteiger partial charge in [-0.15, -0.1) is 0 Å². The minimum absolute atomic E-state index is 0.0952. The molecule has 0 saturated carbocycles. The molecule has 1 atom stereocenters. The van der Waals surface area contributed by atoms with Crippen molar-refractivity contribution in [2.45, 2.75) is 45.6 Å². The summed E-state index contributed by atoms with van der Waals surface area (Å²) in [5.74, 6) is -0.317. The van der Waals surface area contributed by atoms with Crippen LogP contribution in [0, 0.1) is 6.92 Å². The van der Waals surface area contributed by atoms with Crippen molar-refractivity contribution in [1.29, 1.82) is 0 Å². The molecule has 1 amide bonds. The van der Waals surface area contributed by atoms with Crippen molar-refractivity contribution in [3.63, 3.8) is 0 Å². The number of carbonyl (C=O) groups excluding carboxylic acids is 1. The minimum Gasteiger partial charge on any atom is -0.352 e. The van der Waals surface area contributed by atoms with E-state index in [0.717, 1.165) is 22.5 Å². The number of sulfonamides is 1. The maximum atomic E-state index is 12.6. The maximum absolute atomic E-state index is 12.6.